The first-order chi connectivity index (χ1) is 14.9. The Morgan fingerprint density at radius 1 is 1.19 bits per heavy atom. The van der Waals surface area contributed by atoms with Gasteiger partial charge in [0.25, 0.3) is 5.91 Å². The number of aryl methyl sites for hydroxylation is 1. The van der Waals surface area contributed by atoms with Crippen LogP contribution < -0.4 is 5.32 Å². The van der Waals surface area contributed by atoms with E-state index in [2.05, 4.69) is 27.4 Å². The maximum atomic E-state index is 13.4. The molecule has 0 unspecified atom stereocenters. The summed E-state index contributed by atoms with van der Waals surface area (Å²) >= 11 is 0. The van der Waals surface area contributed by atoms with E-state index in [1.165, 1.54) is 24.5 Å². The van der Waals surface area contributed by atoms with E-state index in [1.807, 2.05) is 31.2 Å². The first-order valence-electron chi connectivity index (χ1n) is 11.0. The van der Waals surface area contributed by atoms with E-state index < -0.39 is 11.5 Å². The third kappa shape index (κ3) is 4.24. The number of carbonyl (C=O) groups excluding carboxylic acids is 1. The number of nitrogens with zero attached hydrogens (tertiary/aromatic N) is 2. The number of halogens is 1. The van der Waals surface area contributed by atoms with Gasteiger partial charge in [-0.05, 0) is 86.4 Å². The summed E-state index contributed by atoms with van der Waals surface area (Å²) in [6.07, 6.45) is 7.11. The van der Waals surface area contributed by atoms with Crippen LogP contribution in [0.3, 0.4) is 0 Å². The lowest BCUT2D eigenvalue weighted by molar-refractivity contribution is 0.0894. The van der Waals surface area contributed by atoms with E-state index in [-0.39, 0.29) is 5.91 Å². The van der Waals surface area contributed by atoms with E-state index in [9.17, 15) is 9.18 Å². The molecule has 1 amide bonds. The smallest absolute Gasteiger partial charge is 0.252 e. The second-order valence-corrected chi connectivity index (χ2v) is 9.32. The number of hydrogen-bond donors (Lipinski definition) is 2. The number of benzene rings is 1. The number of carbonyl (C=O) groups is 1. The molecule has 2 saturated carbocycles. The minimum absolute atomic E-state index is 0.123. The van der Waals surface area contributed by atoms with E-state index in [0.29, 0.717) is 17.4 Å². The van der Waals surface area contributed by atoms with Crippen molar-refractivity contribution in [2.75, 3.05) is 0 Å². The molecule has 6 heteroatoms. The molecule has 1 atom stereocenters. The lowest BCUT2D eigenvalue weighted by atomic mass is 9.89. The Bertz CT molecular complexity index is 1110. The summed E-state index contributed by atoms with van der Waals surface area (Å²) < 4.78 is 13.4. The van der Waals surface area contributed by atoms with Gasteiger partial charge in [0.05, 0.1) is 11.2 Å². The lowest BCUT2D eigenvalue weighted by Crippen LogP contribution is -2.44. The van der Waals surface area contributed by atoms with Crippen LogP contribution in [0.4, 0.5) is 4.39 Å². The summed E-state index contributed by atoms with van der Waals surface area (Å²) in [5, 5.41) is 10.7. The lowest BCUT2D eigenvalue weighted by Gasteiger charge is -2.29. The summed E-state index contributed by atoms with van der Waals surface area (Å²) in [5.74, 6) is 0.503. The van der Waals surface area contributed by atoms with Crippen LogP contribution in [0.2, 0.25) is 0 Å². The van der Waals surface area contributed by atoms with Crippen LogP contribution in [0.15, 0.2) is 42.6 Å². The first-order valence-corrected chi connectivity index (χ1v) is 11.0. The van der Waals surface area contributed by atoms with Crippen LogP contribution in [0.5, 0.6) is 0 Å². The van der Waals surface area contributed by atoms with Gasteiger partial charge in [0.15, 0.2) is 0 Å². The number of hydrogen-bond acceptors (Lipinski definition) is 3. The number of pyridine rings is 1. The standard InChI is InChI=1S/C25H27FN4O/c1-15-11-22(30-29-15)25(2,13-16-3-4-16)28-24(31)18-7-9-20(17-5-6-17)21(12-18)19-8-10-23(26)27-14-19/h7-12,14,16-17H,3-6,13H2,1-2H3,(H,28,31)(H,29,30)/t25-/m0/s1. The highest BCUT2D eigenvalue weighted by Crippen LogP contribution is 2.45. The van der Waals surface area contributed by atoms with Crippen molar-refractivity contribution in [1.29, 1.82) is 0 Å². The molecule has 0 radical (unpaired) electrons. The van der Waals surface area contributed by atoms with Gasteiger partial charge in [-0.15, -0.1) is 0 Å². The summed E-state index contributed by atoms with van der Waals surface area (Å²) in [4.78, 5) is 17.2. The predicted molar refractivity (Wildman–Crippen MR) is 117 cm³/mol. The van der Waals surface area contributed by atoms with Crippen molar-refractivity contribution in [1.82, 2.24) is 20.5 Å². The van der Waals surface area contributed by atoms with Crippen molar-refractivity contribution >= 4 is 5.91 Å². The molecule has 5 nitrogen and oxygen atoms in total. The molecule has 0 aliphatic heterocycles. The minimum atomic E-state index is -0.532. The largest absolute Gasteiger partial charge is 0.341 e. The van der Waals surface area contributed by atoms with Gasteiger partial charge in [0.1, 0.15) is 0 Å². The third-order valence-electron chi connectivity index (χ3n) is 6.43. The quantitative estimate of drug-likeness (QED) is 0.515. The molecule has 160 valence electrons. The average Bonchev–Trinajstić information content (AvgIpc) is 3.68. The number of amides is 1. The molecular weight excluding hydrogens is 391 g/mol. The Morgan fingerprint density at radius 3 is 2.61 bits per heavy atom. The molecule has 2 aliphatic carbocycles. The summed E-state index contributed by atoms with van der Waals surface area (Å²) in [6.45, 7) is 4.03. The SMILES string of the molecule is Cc1cc([C@](C)(CC2CC2)NC(=O)c2ccc(C3CC3)c(-c3ccc(F)nc3)c2)n[nH]1. The van der Waals surface area contributed by atoms with Crippen molar-refractivity contribution in [3.05, 3.63) is 71.1 Å². The molecule has 3 aromatic rings. The van der Waals surface area contributed by atoms with E-state index in [0.717, 1.165) is 41.8 Å². The van der Waals surface area contributed by atoms with Crippen molar-refractivity contribution < 1.29 is 9.18 Å². The molecule has 2 aromatic heterocycles. The first kappa shape index (κ1) is 19.9. The van der Waals surface area contributed by atoms with E-state index >= 15 is 0 Å². The molecular formula is C25H27FN4O. The molecule has 31 heavy (non-hydrogen) atoms. The predicted octanol–water partition coefficient (Wildman–Crippen LogP) is 5.24. The number of H-pyrrole nitrogens is 1. The summed E-state index contributed by atoms with van der Waals surface area (Å²) in [7, 11) is 0. The van der Waals surface area contributed by atoms with Gasteiger partial charge < -0.3 is 5.32 Å². The molecule has 2 aliphatic rings. The zero-order valence-electron chi connectivity index (χ0n) is 17.9. The maximum absolute atomic E-state index is 13.4. The zero-order chi connectivity index (χ0) is 21.6. The van der Waals surface area contributed by atoms with Crippen molar-refractivity contribution in [2.45, 2.75) is 57.4 Å². The van der Waals surface area contributed by atoms with Gasteiger partial charge in [-0.1, -0.05) is 18.9 Å². The summed E-state index contributed by atoms with van der Waals surface area (Å²) in [5.41, 5.74) is 4.90. The van der Waals surface area contributed by atoms with Crippen LogP contribution in [0.25, 0.3) is 11.1 Å². The number of aromatic nitrogens is 3. The average molecular weight is 419 g/mol. The van der Waals surface area contributed by atoms with Gasteiger partial charge in [0, 0.05) is 23.0 Å². The number of rotatable bonds is 7. The number of nitrogens with one attached hydrogen (secondary N) is 2. The fourth-order valence-corrected chi connectivity index (χ4v) is 4.38. The Hall–Kier alpha value is -3.02. The van der Waals surface area contributed by atoms with Crippen LogP contribution in [0, 0.1) is 18.8 Å². The molecule has 0 spiro atoms. The van der Waals surface area contributed by atoms with Crippen molar-refractivity contribution in [3.63, 3.8) is 0 Å². The van der Waals surface area contributed by atoms with Gasteiger partial charge in [0.2, 0.25) is 5.95 Å². The second-order valence-electron chi connectivity index (χ2n) is 9.32. The van der Waals surface area contributed by atoms with Crippen LogP contribution >= 0.6 is 0 Å². The van der Waals surface area contributed by atoms with Crippen molar-refractivity contribution in [3.8, 4) is 11.1 Å². The summed E-state index contributed by atoms with van der Waals surface area (Å²) in [6, 6.07) is 11.0. The Morgan fingerprint density at radius 2 is 2.00 bits per heavy atom. The van der Waals surface area contributed by atoms with Crippen LogP contribution in [-0.4, -0.2) is 21.1 Å². The fraction of sp³-hybridized carbons (Fsp3) is 0.400. The van der Waals surface area contributed by atoms with Crippen molar-refractivity contribution in [2.24, 2.45) is 5.92 Å². The van der Waals surface area contributed by atoms with Crippen LogP contribution in [-0.2, 0) is 5.54 Å². The normalized spacial score (nSPS) is 17.9. The molecule has 2 heterocycles. The van der Waals surface area contributed by atoms with Gasteiger partial charge in [-0.3, -0.25) is 9.89 Å². The molecule has 0 saturated heterocycles. The Kier molecular flexibility index (Phi) is 4.88. The minimum Gasteiger partial charge on any atom is -0.341 e. The highest BCUT2D eigenvalue weighted by Gasteiger charge is 2.38. The number of aromatic amines is 1. The second kappa shape index (κ2) is 7.59. The van der Waals surface area contributed by atoms with E-state index in [1.54, 1.807) is 12.3 Å². The molecule has 1 aromatic carbocycles. The van der Waals surface area contributed by atoms with Gasteiger partial charge in [-0.2, -0.15) is 9.49 Å². The molecule has 0 bridgehead atoms. The Balaban J connectivity index is 1.46. The molecule has 2 fully saturated rings. The fourth-order valence-electron chi connectivity index (χ4n) is 4.38. The molecule has 5 rings (SSSR count). The van der Waals surface area contributed by atoms with Crippen LogP contribution in [0.1, 0.15) is 72.3 Å². The topological polar surface area (TPSA) is 70.7 Å². The maximum Gasteiger partial charge on any atom is 0.252 e. The zero-order valence-corrected chi connectivity index (χ0v) is 17.9. The highest BCUT2D eigenvalue weighted by atomic mass is 19.1. The van der Waals surface area contributed by atoms with Gasteiger partial charge >= 0.3 is 0 Å². The van der Waals surface area contributed by atoms with E-state index in [4.69, 9.17) is 0 Å². The highest BCUT2D eigenvalue weighted by molar-refractivity contribution is 5.96. The Labute approximate surface area is 181 Å². The monoisotopic (exact) mass is 418 g/mol. The third-order valence-corrected chi connectivity index (χ3v) is 6.43. The molecule has 2 N–H and O–H groups in total. The van der Waals surface area contributed by atoms with Gasteiger partial charge in [-0.25, -0.2) is 4.98 Å².